The first-order valence-electron chi connectivity index (χ1n) is 8.16. The maximum Gasteiger partial charge on any atom is 0.268 e. The molecule has 5 nitrogen and oxygen atoms in total. The van der Waals surface area contributed by atoms with E-state index in [0.717, 1.165) is 0 Å². The van der Waals surface area contributed by atoms with Gasteiger partial charge in [-0.15, -0.1) is 0 Å². The SMILES string of the molecule is CC(=O)c1c(C)[nH]c(C(=O)NCc2ccc(F)c(CO)c2)c1C(C)C. The number of H-pyrrole nitrogens is 1. The lowest BCUT2D eigenvalue weighted by molar-refractivity contribution is 0.0945. The number of aryl methyl sites for hydroxylation is 1. The van der Waals surface area contributed by atoms with Crippen molar-refractivity contribution in [1.82, 2.24) is 10.3 Å². The summed E-state index contributed by atoms with van der Waals surface area (Å²) in [7, 11) is 0. The first-order valence-corrected chi connectivity index (χ1v) is 8.16. The Hall–Kier alpha value is -2.47. The zero-order chi connectivity index (χ0) is 18.7. The number of nitrogens with one attached hydrogen (secondary N) is 2. The minimum atomic E-state index is -0.481. The summed E-state index contributed by atoms with van der Waals surface area (Å²) in [5.74, 6) is -0.876. The van der Waals surface area contributed by atoms with Crippen molar-refractivity contribution in [3.8, 4) is 0 Å². The molecule has 3 N–H and O–H groups in total. The molecule has 0 saturated heterocycles. The maximum absolute atomic E-state index is 13.4. The molecule has 0 aliphatic carbocycles. The number of benzene rings is 1. The van der Waals surface area contributed by atoms with Crippen LogP contribution in [0.5, 0.6) is 0 Å². The third-order valence-corrected chi connectivity index (χ3v) is 4.12. The van der Waals surface area contributed by atoms with Gasteiger partial charge in [-0.1, -0.05) is 19.9 Å². The molecule has 134 valence electrons. The summed E-state index contributed by atoms with van der Waals surface area (Å²) in [5, 5.41) is 11.9. The molecule has 0 aliphatic rings. The van der Waals surface area contributed by atoms with E-state index in [4.69, 9.17) is 5.11 Å². The average molecular weight is 346 g/mol. The van der Waals surface area contributed by atoms with Crippen molar-refractivity contribution in [2.24, 2.45) is 0 Å². The van der Waals surface area contributed by atoms with Crippen LogP contribution >= 0.6 is 0 Å². The number of carbonyl (C=O) groups excluding carboxylic acids is 2. The monoisotopic (exact) mass is 346 g/mol. The van der Waals surface area contributed by atoms with Gasteiger partial charge in [-0.25, -0.2) is 4.39 Å². The van der Waals surface area contributed by atoms with E-state index < -0.39 is 12.4 Å². The number of carbonyl (C=O) groups is 2. The van der Waals surface area contributed by atoms with Crippen molar-refractivity contribution in [3.63, 3.8) is 0 Å². The largest absolute Gasteiger partial charge is 0.392 e. The minimum Gasteiger partial charge on any atom is -0.392 e. The predicted octanol–water partition coefficient (Wildman–Crippen LogP) is 3.21. The summed E-state index contributed by atoms with van der Waals surface area (Å²) in [6.45, 7) is 6.91. The Morgan fingerprint density at radius 1 is 1.32 bits per heavy atom. The number of hydrogen-bond donors (Lipinski definition) is 3. The molecule has 2 rings (SSSR count). The second-order valence-corrected chi connectivity index (χ2v) is 6.39. The van der Waals surface area contributed by atoms with Crippen LogP contribution in [-0.2, 0) is 13.2 Å². The zero-order valence-electron chi connectivity index (χ0n) is 14.9. The van der Waals surface area contributed by atoms with Crippen LogP contribution in [0.2, 0.25) is 0 Å². The summed E-state index contributed by atoms with van der Waals surface area (Å²) in [5.41, 5.74) is 3.18. The normalized spacial score (nSPS) is 11.0. The van der Waals surface area contributed by atoms with Gasteiger partial charge in [-0.2, -0.15) is 0 Å². The van der Waals surface area contributed by atoms with Crippen LogP contribution in [0.3, 0.4) is 0 Å². The van der Waals surface area contributed by atoms with Gasteiger partial charge >= 0.3 is 0 Å². The van der Waals surface area contributed by atoms with E-state index in [-0.39, 0.29) is 29.7 Å². The summed E-state index contributed by atoms with van der Waals surface area (Å²) >= 11 is 0. The molecule has 0 unspecified atom stereocenters. The Labute approximate surface area is 146 Å². The number of aliphatic hydroxyl groups excluding tert-OH is 1. The fourth-order valence-corrected chi connectivity index (χ4v) is 2.98. The molecule has 0 aliphatic heterocycles. The van der Waals surface area contributed by atoms with Crippen molar-refractivity contribution in [3.05, 3.63) is 57.7 Å². The highest BCUT2D eigenvalue weighted by molar-refractivity contribution is 6.03. The lowest BCUT2D eigenvalue weighted by Crippen LogP contribution is -2.24. The fourth-order valence-electron chi connectivity index (χ4n) is 2.98. The highest BCUT2D eigenvalue weighted by atomic mass is 19.1. The summed E-state index contributed by atoms with van der Waals surface area (Å²) < 4.78 is 13.4. The third-order valence-electron chi connectivity index (χ3n) is 4.12. The van der Waals surface area contributed by atoms with E-state index in [2.05, 4.69) is 10.3 Å². The standard InChI is InChI=1S/C19H23FN2O3/c1-10(2)16-17(12(4)24)11(3)22-18(16)19(25)21-8-13-5-6-15(20)14(7-13)9-23/h5-7,10,22-23H,8-9H2,1-4H3,(H,21,25). The Bertz CT molecular complexity index is 809. The molecule has 1 aromatic heterocycles. The molecule has 1 aromatic carbocycles. The molecule has 0 radical (unpaired) electrons. The van der Waals surface area contributed by atoms with Crippen LogP contribution < -0.4 is 5.32 Å². The van der Waals surface area contributed by atoms with Crippen LogP contribution in [0, 0.1) is 12.7 Å². The highest BCUT2D eigenvalue weighted by Crippen LogP contribution is 2.27. The number of rotatable bonds is 6. The number of hydrogen-bond acceptors (Lipinski definition) is 3. The average Bonchev–Trinajstić information content (AvgIpc) is 2.91. The van der Waals surface area contributed by atoms with Crippen molar-refractivity contribution in [2.45, 2.75) is 46.8 Å². The topological polar surface area (TPSA) is 82.2 Å². The van der Waals surface area contributed by atoms with Gasteiger partial charge in [0.15, 0.2) is 5.78 Å². The summed E-state index contributed by atoms with van der Waals surface area (Å²) in [6, 6.07) is 4.33. The molecule has 0 saturated carbocycles. The van der Waals surface area contributed by atoms with Crippen LogP contribution in [0.25, 0.3) is 0 Å². The molecule has 0 fully saturated rings. The van der Waals surface area contributed by atoms with Gasteiger partial charge in [0.05, 0.1) is 6.61 Å². The van der Waals surface area contributed by atoms with Gasteiger partial charge in [0.25, 0.3) is 5.91 Å². The van der Waals surface area contributed by atoms with Crippen molar-refractivity contribution in [1.29, 1.82) is 0 Å². The number of aromatic amines is 1. The van der Waals surface area contributed by atoms with E-state index in [9.17, 15) is 14.0 Å². The van der Waals surface area contributed by atoms with Crippen LogP contribution in [0.4, 0.5) is 4.39 Å². The Kier molecular flexibility index (Phi) is 5.74. The molecule has 1 heterocycles. The van der Waals surface area contributed by atoms with Crippen LogP contribution in [0.15, 0.2) is 18.2 Å². The zero-order valence-corrected chi connectivity index (χ0v) is 14.9. The second-order valence-electron chi connectivity index (χ2n) is 6.39. The smallest absolute Gasteiger partial charge is 0.268 e. The number of aliphatic hydroxyl groups is 1. The number of aromatic nitrogens is 1. The lowest BCUT2D eigenvalue weighted by atomic mass is 9.95. The molecular weight excluding hydrogens is 323 g/mol. The number of amides is 1. The third kappa shape index (κ3) is 3.96. The Morgan fingerprint density at radius 2 is 2.00 bits per heavy atom. The van der Waals surface area contributed by atoms with Gasteiger partial charge in [0.2, 0.25) is 0 Å². The quantitative estimate of drug-likeness (QED) is 0.703. The number of ketones is 1. The van der Waals surface area contributed by atoms with E-state index in [1.54, 1.807) is 13.0 Å². The number of halogens is 1. The van der Waals surface area contributed by atoms with E-state index in [1.165, 1.54) is 19.1 Å². The molecular formula is C19H23FN2O3. The lowest BCUT2D eigenvalue weighted by Gasteiger charge is -2.11. The van der Waals surface area contributed by atoms with E-state index >= 15 is 0 Å². The summed E-state index contributed by atoms with van der Waals surface area (Å²) in [6.07, 6.45) is 0. The van der Waals surface area contributed by atoms with Crippen LogP contribution in [0.1, 0.15) is 69.9 Å². The van der Waals surface area contributed by atoms with Crippen molar-refractivity contribution in [2.75, 3.05) is 0 Å². The number of Topliss-reactive ketones (excluding diaryl/α,β-unsaturated/α-hetero) is 1. The molecule has 1 amide bonds. The van der Waals surface area contributed by atoms with Gasteiger partial charge in [0.1, 0.15) is 11.5 Å². The maximum atomic E-state index is 13.4. The van der Waals surface area contributed by atoms with E-state index in [1.807, 2.05) is 13.8 Å². The first-order chi connectivity index (χ1) is 11.8. The molecule has 0 bridgehead atoms. The van der Waals surface area contributed by atoms with Gasteiger partial charge in [-0.3, -0.25) is 9.59 Å². The molecule has 0 atom stereocenters. The van der Waals surface area contributed by atoms with Crippen molar-refractivity contribution < 1.29 is 19.1 Å². The molecule has 0 spiro atoms. The minimum absolute atomic E-state index is 0.0106. The molecule has 2 aromatic rings. The summed E-state index contributed by atoms with van der Waals surface area (Å²) in [4.78, 5) is 27.5. The fraction of sp³-hybridized carbons (Fsp3) is 0.368. The Balaban J connectivity index is 2.24. The van der Waals surface area contributed by atoms with Crippen molar-refractivity contribution >= 4 is 11.7 Å². The van der Waals surface area contributed by atoms with Crippen LogP contribution in [-0.4, -0.2) is 21.8 Å². The second kappa shape index (κ2) is 7.61. The van der Waals surface area contributed by atoms with E-state index in [0.29, 0.717) is 28.1 Å². The highest BCUT2D eigenvalue weighted by Gasteiger charge is 2.24. The first kappa shape index (κ1) is 18.9. The molecule has 6 heteroatoms. The Morgan fingerprint density at radius 3 is 2.56 bits per heavy atom. The molecule has 25 heavy (non-hydrogen) atoms. The van der Waals surface area contributed by atoms with Gasteiger partial charge in [-0.05, 0) is 43.0 Å². The van der Waals surface area contributed by atoms with Gasteiger partial charge in [0, 0.05) is 23.4 Å². The predicted molar refractivity (Wildman–Crippen MR) is 93.1 cm³/mol. The van der Waals surface area contributed by atoms with Gasteiger partial charge < -0.3 is 15.4 Å².